The number of hydrogen-bond donors (Lipinski definition) is 2. The standard InChI is InChI=1S/C14H26N2O6S/c1-3-5-6-12(13(17)18)15-23(20,21)16-9-7-11(8-10-16)14(19)22-4-2/h11-12,15H,3-10H2,1-2H3,(H,17,18)/t12-/m0/s1. The largest absolute Gasteiger partial charge is 0.480 e. The predicted molar refractivity (Wildman–Crippen MR) is 83.9 cm³/mol. The van der Waals surface area contributed by atoms with Crippen molar-refractivity contribution < 1.29 is 27.9 Å². The number of aliphatic carboxylic acids is 1. The van der Waals surface area contributed by atoms with Crippen molar-refractivity contribution in [2.45, 2.75) is 52.0 Å². The van der Waals surface area contributed by atoms with Crippen molar-refractivity contribution in [3.8, 4) is 0 Å². The van der Waals surface area contributed by atoms with Gasteiger partial charge in [0.05, 0.1) is 12.5 Å². The van der Waals surface area contributed by atoms with Crippen LogP contribution in [-0.2, 0) is 24.5 Å². The van der Waals surface area contributed by atoms with Crippen LogP contribution in [0, 0.1) is 5.92 Å². The molecule has 23 heavy (non-hydrogen) atoms. The van der Waals surface area contributed by atoms with Crippen molar-refractivity contribution in [2.75, 3.05) is 19.7 Å². The van der Waals surface area contributed by atoms with Crippen LogP contribution in [0.2, 0.25) is 0 Å². The average molecular weight is 350 g/mol. The number of carboxylic acid groups (broad SMARTS) is 1. The normalized spacial score (nSPS) is 18.5. The van der Waals surface area contributed by atoms with Gasteiger partial charge in [-0.3, -0.25) is 9.59 Å². The molecule has 0 aromatic heterocycles. The van der Waals surface area contributed by atoms with Crippen LogP contribution in [0.5, 0.6) is 0 Å². The SMILES string of the molecule is CCCC[C@H](NS(=O)(=O)N1CCC(C(=O)OCC)CC1)C(=O)O. The number of unbranched alkanes of at least 4 members (excludes halogenated alkanes) is 1. The van der Waals surface area contributed by atoms with Crippen LogP contribution >= 0.6 is 0 Å². The number of carboxylic acids is 1. The van der Waals surface area contributed by atoms with E-state index in [2.05, 4.69) is 4.72 Å². The van der Waals surface area contributed by atoms with E-state index in [-0.39, 0.29) is 31.4 Å². The Morgan fingerprint density at radius 3 is 2.39 bits per heavy atom. The number of rotatable bonds is 9. The number of nitrogens with zero attached hydrogens (tertiary/aromatic N) is 1. The number of carbonyl (C=O) groups excluding carboxylic acids is 1. The topological polar surface area (TPSA) is 113 Å². The molecule has 1 rings (SSSR count). The van der Waals surface area contributed by atoms with Gasteiger partial charge < -0.3 is 9.84 Å². The molecule has 1 aliphatic rings. The third-order valence-corrected chi connectivity index (χ3v) is 5.48. The molecule has 0 aliphatic carbocycles. The molecule has 0 amide bonds. The lowest BCUT2D eigenvalue weighted by atomic mass is 9.98. The summed E-state index contributed by atoms with van der Waals surface area (Å²) in [6, 6.07) is -1.12. The van der Waals surface area contributed by atoms with Gasteiger partial charge in [-0.1, -0.05) is 19.8 Å². The second kappa shape index (κ2) is 9.19. The van der Waals surface area contributed by atoms with Crippen LogP contribution in [0.4, 0.5) is 0 Å². The number of esters is 1. The van der Waals surface area contributed by atoms with E-state index in [0.29, 0.717) is 25.9 Å². The summed E-state index contributed by atoms with van der Waals surface area (Å²) in [4.78, 5) is 22.8. The van der Waals surface area contributed by atoms with Crippen LogP contribution in [0.25, 0.3) is 0 Å². The van der Waals surface area contributed by atoms with Crippen molar-refractivity contribution in [3.05, 3.63) is 0 Å². The Labute approximate surface area is 137 Å². The quantitative estimate of drug-likeness (QED) is 0.593. The Hall–Kier alpha value is -1.19. The number of piperidine rings is 1. The zero-order valence-corrected chi connectivity index (χ0v) is 14.5. The first kappa shape index (κ1) is 19.9. The lowest BCUT2D eigenvalue weighted by Crippen LogP contribution is -2.51. The van der Waals surface area contributed by atoms with Gasteiger partial charge in [0.25, 0.3) is 10.2 Å². The summed E-state index contributed by atoms with van der Waals surface area (Å²) in [5.41, 5.74) is 0. The minimum absolute atomic E-state index is 0.179. The molecule has 1 heterocycles. The summed E-state index contributed by atoms with van der Waals surface area (Å²) in [6.07, 6.45) is 2.43. The van der Waals surface area contributed by atoms with E-state index in [1.54, 1.807) is 6.92 Å². The maximum Gasteiger partial charge on any atom is 0.321 e. The third-order valence-electron chi connectivity index (χ3n) is 3.85. The monoisotopic (exact) mass is 350 g/mol. The minimum atomic E-state index is -3.87. The summed E-state index contributed by atoms with van der Waals surface area (Å²) in [7, 11) is -3.87. The van der Waals surface area contributed by atoms with Crippen LogP contribution in [-0.4, -0.2) is 55.5 Å². The molecule has 0 aromatic rings. The van der Waals surface area contributed by atoms with Crippen molar-refractivity contribution in [1.82, 2.24) is 9.03 Å². The molecule has 2 N–H and O–H groups in total. The van der Waals surface area contributed by atoms with E-state index in [0.717, 1.165) is 6.42 Å². The number of ether oxygens (including phenoxy) is 1. The van der Waals surface area contributed by atoms with Gasteiger partial charge in [-0.2, -0.15) is 17.4 Å². The second-order valence-electron chi connectivity index (χ2n) is 5.58. The predicted octanol–water partition coefficient (Wildman–Crippen LogP) is 0.739. The Morgan fingerprint density at radius 2 is 1.91 bits per heavy atom. The zero-order valence-electron chi connectivity index (χ0n) is 13.7. The molecule has 0 spiro atoms. The van der Waals surface area contributed by atoms with Crippen LogP contribution in [0.15, 0.2) is 0 Å². The van der Waals surface area contributed by atoms with E-state index in [9.17, 15) is 18.0 Å². The van der Waals surface area contributed by atoms with E-state index in [1.807, 2.05) is 6.92 Å². The van der Waals surface area contributed by atoms with Gasteiger partial charge in [0.1, 0.15) is 6.04 Å². The first-order chi connectivity index (χ1) is 10.8. The molecule has 0 radical (unpaired) electrons. The molecular formula is C14H26N2O6S. The third kappa shape index (κ3) is 6.08. The molecule has 0 bridgehead atoms. The fourth-order valence-corrected chi connectivity index (χ4v) is 3.91. The highest BCUT2D eigenvalue weighted by molar-refractivity contribution is 7.87. The highest BCUT2D eigenvalue weighted by atomic mass is 32.2. The maximum atomic E-state index is 12.3. The van der Waals surface area contributed by atoms with E-state index < -0.39 is 22.2 Å². The molecule has 0 aromatic carbocycles. The summed E-state index contributed by atoms with van der Waals surface area (Å²) < 4.78 is 33.0. The van der Waals surface area contributed by atoms with Gasteiger partial charge in [0.15, 0.2) is 0 Å². The Balaban J connectivity index is 2.60. The lowest BCUT2D eigenvalue weighted by molar-refractivity contribution is -0.149. The van der Waals surface area contributed by atoms with Crippen molar-refractivity contribution in [2.24, 2.45) is 5.92 Å². The van der Waals surface area contributed by atoms with Crippen molar-refractivity contribution >= 4 is 22.1 Å². The Bertz CT molecular complexity index is 499. The number of nitrogens with one attached hydrogen (secondary N) is 1. The van der Waals surface area contributed by atoms with Crippen molar-refractivity contribution in [3.63, 3.8) is 0 Å². The molecule has 8 nitrogen and oxygen atoms in total. The molecule has 134 valence electrons. The first-order valence-corrected chi connectivity index (χ1v) is 9.42. The minimum Gasteiger partial charge on any atom is -0.480 e. The molecule has 9 heteroatoms. The molecule has 0 saturated carbocycles. The van der Waals surface area contributed by atoms with Crippen LogP contribution in [0.1, 0.15) is 46.0 Å². The van der Waals surface area contributed by atoms with Crippen molar-refractivity contribution in [1.29, 1.82) is 0 Å². The molecule has 1 saturated heterocycles. The van der Waals surface area contributed by atoms with Crippen LogP contribution in [0.3, 0.4) is 0 Å². The van der Waals surface area contributed by atoms with Gasteiger partial charge >= 0.3 is 11.9 Å². The summed E-state index contributed by atoms with van der Waals surface area (Å²) in [5, 5.41) is 9.13. The number of hydrogen-bond acceptors (Lipinski definition) is 5. The fourth-order valence-electron chi connectivity index (χ4n) is 2.49. The smallest absolute Gasteiger partial charge is 0.321 e. The Kier molecular flexibility index (Phi) is 7.93. The fraction of sp³-hybridized carbons (Fsp3) is 0.857. The highest BCUT2D eigenvalue weighted by Gasteiger charge is 2.34. The van der Waals surface area contributed by atoms with Gasteiger partial charge in [0.2, 0.25) is 0 Å². The zero-order chi connectivity index (χ0) is 17.5. The average Bonchev–Trinajstić information content (AvgIpc) is 2.51. The van der Waals surface area contributed by atoms with Crippen LogP contribution < -0.4 is 4.72 Å². The van der Waals surface area contributed by atoms with Gasteiger partial charge in [-0.15, -0.1) is 0 Å². The summed E-state index contributed by atoms with van der Waals surface area (Å²) in [5.74, 6) is -1.77. The summed E-state index contributed by atoms with van der Waals surface area (Å²) in [6.45, 7) is 4.30. The number of carbonyl (C=O) groups is 2. The summed E-state index contributed by atoms with van der Waals surface area (Å²) >= 11 is 0. The maximum absolute atomic E-state index is 12.3. The lowest BCUT2D eigenvalue weighted by Gasteiger charge is -2.31. The van der Waals surface area contributed by atoms with Gasteiger partial charge in [0, 0.05) is 13.1 Å². The molecular weight excluding hydrogens is 324 g/mol. The van der Waals surface area contributed by atoms with Gasteiger partial charge in [-0.05, 0) is 26.2 Å². The van der Waals surface area contributed by atoms with E-state index in [4.69, 9.17) is 9.84 Å². The molecule has 1 fully saturated rings. The first-order valence-electron chi connectivity index (χ1n) is 7.98. The molecule has 1 atom stereocenters. The van der Waals surface area contributed by atoms with E-state index >= 15 is 0 Å². The molecule has 1 aliphatic heterocycles. The van der Waals surface area contributed by atoms with E-state index in [1.165, 1.54) is 4.31 Å². The highest BCUT2D eigenvalue weighted by Crippen LogP contribution is 2.20. The second-order valence-corrected chi connectivity index (χ2v) is 7.28. The van der Waals surface area contributed by atoms with Gasteiger partial charge in [-0.25, -0.2) is 0 Å². The molecule has 0 unspecified atom stereocenters. The Morgan fingerprint density at radius 1 is 1.30 bits per heavy atom.